The molecule has 1 aliphatic rings. The molecule has 5 nitrogen and oxygen atoms in total. The van der Waals surface area contributed by atoms with Crippen molar-refractivity contribution in [3.63, 3.8) is 0 Å². The molecule has 110 valence electrons. The molecule has 1 aromatic carbocycles. The van der Waals surface area contributed by atoms with Gasteiger partial charge in [0.15, 0.2) is 0 Å². The minimum Gasteiger partial charge on any atom is -0.349 e. The molecule has 1 amide bonds. The van der Waals surface area contributed by atoms with E-state index in [9.17, 15) is 14.9 Å². The second-order valence-corrected chi connectivity index (χ2v) is 5.01. The van der Waals surface area contributed by atoms with Crippen LogP contribution in [0.5, 0.6) is 0 Å². The van der Waals surface area contributed by atoms with Gasteiger partial charge in [-0.1, -0.05) is 11.6 Å². The first-order chi connectivity index (χ1) is 10.1. The van der Waals surface area contributed by atoms with E-state index in [0.29, 0.717) is 6.54 Å². The van der Waals surface area contributed by atoms with Crippen molar-refractivity contribution in [2.75, 3.05) is 6.54 Å². The van der Waals surface area contributed by atoms with Gasteiger partial charge in [-0.25, -0.2) is 0 Å². The zero-order chi connectivity index (χ0) is 15.1. The van der Waals surface area contributed by atoms with Crippen LogP contribution in [0.2, 0.25) is 0 Å². The van der Waals surface area contributed by atoms with Crippen LogP contribution in [0.1, 0.15) is 31.2 Å². The Kier molecular flexibility index (Phi) is 5.26. The van der Waals surface area contributed by atoms with Crippen LogP contribution in [-0.2, 0) is 4.79 Å². The summed E-state index contributed by atoms with van der Waals surface area (Å²) < 4.78 is 0. The van der Waals surface area contributed by atoms with E-state index in [1.807, 2.05) is 0 Å². The van der Waals surface area contributed by atoms with Crippen molar-refractivity contribution in [2.45, 2.75) is 25.7 Å². The van der Waals surface area contributed by atoms with E-state index in [1.54, 1.807) is 18.2 Å². The molecular weight excluding hydrogens is 268 g/mol. The number of rotatable bonds is 5. The highest BCUT2D eigenvalue weighted by Gasteiger charge is 2.05. The molecule has 0 bridgehead atoms. The summed E-state index contributed by atoms with van der Waals surface area (Å²) in [6.07, 6.45) is 9.89. The number of nitro groups is 1. The fraction of sp³-hybridized carbons (Fsp3) is 0.312. The third kappa shape index (κ3) is 4.87. The van der Waals surface area contributed by atoms with Crippen LogP contribution in [0.25, 0.3) is 6.08 Å². The lowest BCUT2D eigenvalue weighted by molar-refractivity contribution is -0.384. The average molecular weight is 286 g/mol. The first-order valence-electron chi connectivity index (χ1n) is 7.03. The first kappa shape index (κ1) is 15.0. The van der Waals surface area contributed by atoms with Crippen molar-refractivity contribution < 1.29 is 9.72 Å². The Hall–Kier alpha value is -2.43. The predicted molar refractivity (Wildman–Crippen MR) is 81.7 cm³/mol. The third-order valence-corrected chi connectivity index (χ3v) is 3.41. The van der Waals surface area contributed by atoms with Crippen LogP contribution in [-0.4, -0.2) is 17.4 Å². The molecule has 1 N–H and O–H groups in total. The zero-order valence-electron chi connectivity index (χ0n) is 11.7. The number of amides is 1. The third-order valence-electron chi connectivity index (χ3n) is 3.41. The summed E-state index contributed by atoms with van der Waals surface area (Å²) in [5.41, 5.74) is 2.09. The molecule has 0 radical (unpaired) electrons. The Morgan fingerprint density at radius 3 is 2.67 bits per heavy atom. The molecular formula is C16H18N2O3. The number of benzene rings is 1. The molecule has 0 saturated carbocycles. The van der Waals surface area contributed by atoms with Crippen molar-refractivity contribution in [3.05, 3.63) is 57.7 Å². The molecule has 0 unspecified atom stereocenters. The van der Waals surface area contributed by atoms with E-state index in [4.69, 9.17) is 0 Å². The molecule has 1 aliphatic carbocycles. The van der Waals surface area contributed by atoms with Gasteiger partial charge >= 0.3 is 0 Å². The lowest BCUT2D eigenvalue weighted by Gasteiger charge is -2.12. The molecule has 0 heterocycles. The molecule has 0 aliphatic heterocycles. The average Bonchev–Trinajstić information content (AvgIpc) is 2.52. The summed E-state index contributed by atoms with van der Waals surface area (Å²) in [5.74, 6) is -0.153. The van der Waals surface area contributed by atoms with Gasteiger partial charge in [0.2, 0.25) is 5.91 Å². The predicted octanol–water partition coefficient (Wildman–Crippen LogP) is 3.22. The minimum absolute atomic E-state index is 0.0424. The number of nitrogens with one attached hydrogen (secondary N) is 1. The van der Waals surface area contributed by atoms with Crippen LogP contribution in [0, 0.1) is 10.1 Å². The van der Waals surface area contributed by atoms with Crippen molar-refractivity contribution in [2.24, 2.45) is 0 Å². The number of nitro benzene ring substituents is 1. The molecule has 2 rings (SSSR count). The number of nitrogens with zero attached hydrogens (tertiary/aromatic N) is 1. The van der Waals surface area contributed by atoms with Crippen LogP contribution in [0.4, 0.5) is 5.69 Å². The van der Waals surface area contributed by atoms with Gasteiger partial charge in [0.1, 0.15) is 0 Å². The van der Waals surface area contributed by atoms with E-state index < -0.39 is 4.92 Å². The summed E-state index contributed by atoms with van der Waals surface area (Å²) in [7, 11) is 0. The lowest BCUT2D eigenvalue weighted by Crippen LogP contribution is -2.24. The smallest absolute Gasteiger partial charge is 0.269 e. The number of hydrogen-bond donors (Lipinski definition) is 1. The van der Waals surface area contributed by atoms with Gasteiger partial charge in [0, 0.05) is 24.8 Å². The van der Waals surface area contributed by atoms with Gasteiger partial charge < -0.3 is 5.32 Å². The van der Waals surface area contributed by atoms with E-state index in [0.717, 1.165) is 18.4 Å². The normalized spacial score (nSPS) is 14.8. The molecule has 0 atom stereocenters. The number of carbonyl (C=O) groups is 1. The summed E-state index contributed by atoms with van der Waals surface area (Å²) >= 11 is 0. The zero-order valence-corrected chi connectivity index (χ0v) is 11.7. The maximum atomic E-state index is 11.7. The Balaban J connectivity index is 1.83. The summed E-state index contributed by atoms with van der Waals surface area (Å²) in [6, 6.07) is 6.08. The van der Waals surface area contributed by atoms with Crippen molar-refractivity contribution in [1.29, 1.82) is 0 Å². The van der Waals surface area contributed by atoms with Crippen LogP contribution >= 0.6 is 0 Å². The second-order valence-electron chi connectivity index (χ2n) is 5.01. The molecule has 21 heavy (non-hydrogen) atoms. The minimum atomic E-state index is -0.446. The summed E-state index contributed by atoms with van der Waals surface area (Å²) in [6.45, 7) is 0.601. The van der Waals surface area contributed by atoms with Crippen molar-refractivity contribution in [1.82, 2.24) is 5.32 Å². The molecule has 5 heteroatoms. The number of non-ortho nitro benzene ring substituents is 1. The van der Waals surface area contributed by atoms with E-state index in [-0.39, 0.29) is 11.6 Å². The molecule has 0 aromatic heterocycles. The van der Waals surface area contributed by atoms with E-state index in [1.165, 1.54) is 36.6 Å². The van der Waals surface area contributed by atoms with Crippen LogP contribution < -0.4 is 5.32 Å². The largest absolute Gasteiger partial charge is 0.349 e. The Morgan fingerprint density at radius 1 is 1.29 bits per heavy atom. The Labute approximate surface area is 123 Å². The fourth-order valence-electron chi connectivity index (χ4n) is 2.20. The topological polar surface area (TPSA) is 72.2 Å². The number of carbonyl (C=O) groups excluding carboxylic acids is 1. The maximum Gasteiger partial charge on any atom is 0.269 e. The van der Waals surface area contributed by atoms with Crippen molar-refractivity contribution in [3.8, 4) is 0 Å². The quantitative estimate of drug-likeness (QED) is 0.391. The summed E-state index contributed by atoms with van der Waals surface area (Å²) in [5, 5.41) is 13.4. The highest BCUT2D eigenvalue weighted by molar-refractivity contribution is 5.91. The van der Waals surface area contributed by atoms with Crippen LogP contribution in [0.15, 0.2) is 42.0 Å². The molecule has 0 fully saturated rings. The van der Waals surface area contributed by atoms with Gasteiger partial charge in [0.05, 0.1) is 4.92 Å². The highest BCUT2D eigenvalue weighted by Crippen LogP contribution is 2.16. The number of allylic oxidation sites excluding steroid dienone is 1. The van der Waals surface area contributed by atoms with E-state index in [2.05, 4.69) is 11.4 Å². The highest BCUT2D eigenvalue weighted by atomic mass is 16.6. The van der Waals surface area contributed by atoms with Gasteiger partial charge in [-0.3, -0.25) is 14.9 Å². The Morgan fingerprint density at radius 2 is 2.05 bits per heavy atom. The lowest BCUT2D eigenvalue weighted by atomic mass is 10.00. The van der Waals surface area contributed by atoms with Gasteiger partial charge in [-0.2, -0.15) is 0 Å². The van der Waals surface area contributed by atoms with Gasteiger partial charge in [-0.15, -0.1) is 0 Å². The second kappa shape index (κ2) is 7.38. The maximum absolute atomic E-state index is 11.7. The van der Waals surface area contributed by atoms with Gasteiger partial charge in [0.25, 0.3) is 5.69 Å². The molecule has 1 aromatic rings. The fourth-order valence-corrected chi connectivity index (χ4v) is 2.20. The first-order valence-corrected chi connectivity index (χ1v) is 7.03. The van der Waals surface area contributed by atoms with Crippen molar-refractivity contribution >= 4 is 17.7 Å². The monoisotopic (exact) mass is 286 g/mol. The van der Waals surface area contributed by atoms with Crippen LogP contribution in [0.3, 0.4) is 0 Å². The molecule has 0 spiro atoms. The standard InChI is InChI=1S/C16H18N2O3/c19-16(17-12-14-4-2-1-3-5-14)11-8-13-6-9-15(10-7-13)18(20)21/h4,6-11H,1-3,5,12H2,(H,17,19)/b11-8+. The van der Waals surface area contributed by atoms with E-state index >= 15 is 0 Å². The summed E-state index contributed by atoms with van der Waals surface area (Å²) in [4.78, 5) is 21.8. The SMILES string of the molecule is O=C(/C=C/c1ccc([N+](=O)[O-])cc1)NCC1=CCCCC1. The number of hydrogen-bond acceptors (Lipinski definition) is 3. The molecule has 0 saturated heterocycles. The van der Waals surface area contributed by atoms with Gasteiger partial charge in [-0.05, 0) is 49.5 Å². The Bertz CT molecular complexity index is 574.